The number of benzene rings is 2. The first-order valence-corrected chi connectivity index (χ1v) is 11.5. The zero-order valence-corrected chi connectivity index (χ0v) is 18.5. The summed E-state index contributed by atoms with van der Waals surface area (Å²) >= 11 is 0. The molecule has 2 aromatic rings. The molecule has 2 N–H and O–H groups in total. The van der Waals surface area contributed by atoms with Crippen LogP contribution in [0.3, 0.4) is 0 Å². The molecule has 0 saturated carbocycles. The molecule has 2 rings (SSSR count). The van der Waals surface area contributed by atoms with Crippen LogP contribution in [0.2, 0.25) is 0 Å². The second kappa shape index (κ2) is 11.6. The van der Waals surface area contributed by atoms with Crippen molar-refractivity contribution in [2.45, 2.75) is 51.1 Å². The molecule has 0 aromatic heterocycles. The first-order chi connectivity index (χ1) is 14.3. The number of hydrogen-bond donors (Lipinski definition) is 2. The minimum Gasteiger partial charge on any atom is -0.490 e. The molecule has 1 amide bonds. The Morgan fingerprint density at radius 3 is 2.40 bits per heavy atom. The smallest absolute Gasteiger partial charge is 0.240 e. The molecular weight excluding hydrogens is 404 g/mol. The van der Waals surface area contributed by atoms with Crippen LogP contribution in [0.5, 0.6) is 11.5 Å². The molecular formula is C22H30N2O5S. The van der Waals surface area contributed by atoms with Gasteiger partial charge in [0.05, 0.1) is 18.1 Å². The maximum absolute atomic E-state index is 12.3. The molecule has 0 radical (unpaired) electrons. The summed E-state index contributed by atoms with van der Waals surface area (Å²) in [5, 5.41) is 2.81. The number of para-hydroxylation sites is 2. The maximum Gasteiger partial charge on any atom is 0.240 e. The van der Waals surface area contributed by atoms with Crippen molar-refractivity contribution in [1.82, 2.24) is 10.0 Å². The molecule has 8 heteroatoms. The number of hydrogen-bond acceptors (Lipinski definition) is 5. The Morgan fingerprint density at radius 2 is 1.73 bits per heavy atom. The van der Waals surface area contributed by atoms with E-state index in [9.17, 15) is 13.2 Å². The lowest BCUT2D eigenvalue weighted by Gasteiger charge is -2.12. The molecule has 0 aliphatic rings. The number of amides is 1. The molecule has 0 atom stereocenters. The van der Waals surface area contributed by atoms with E-state index in [1.165, 1.54) is 6.07 Å². The van der Waals surface area contributed by atoms with Crippen molar-refractivity contribution in [3.63, 3.8) is 0 Å². The topological polar surface area (TPSA) is 93.7 Å². The van der Waals surface area contributed by atoms with Crippen molar-refractivity contribution in [2.75, 3.05) is 13.2 Å². The summed E-state index contributed by atoms with van der Waals surface area (Å²) in [6, 6.07) is 13.8. The van der Waals surface area contributed by atoms with Gasteiger partial charge in [-0.2, -0.15) is 0 Å². The molecule has 0 heterocycles. The van der Waals surface area contributed by atoms with Gasteiger partial charge in [0, 0.05) is 19.0 Å². The standard InChI is InChI=1S/C22H30N2O5S/c1-4-28-20-11-5-6-12-21(20)29-14-8-13-22(25)23-16-18-9-7-10-19(15-18)30(26,27)24-17(2)3/h5-7,9-12,15,17,24H,4,8,13-14,16H2,1-3H3,(H,23,25). The van der Waals surface area contributed by atoms with E-state index in [1.807, 2.05) is 31.2 Å². The van der Waals surface area contributed by atoms with Crippen LogP contribution in [0.15, 0.2) is 53.4 Å². The molecule has 0 spiro atoms. The normalized spacial score (nSPS) is 11.3. The molecule has 2 aromatic carbocycles. The van der Waals surface area contributed by atoms with Crippen LogP contribution in [0.25, 0.3) is 0 Å². The number of carbonyl (C=O) groups excluding carboxylic acids is 1. The molecule has 0 saturated heterocycles. The molecule has 0 aliphatic heterocycles. The van der Waals surface area contributed by atoms with Gasteiger partial charge in [-0.3, -0.25) is 4.79 Å². The average molecular weight is 435 g/mol. The van der Waals surface area contributed by atoms with Crippen LogP contribution in [0.1, 0.15) is 39.2 Å². The monoisotopic (exact) mass is 434 g/mol. The van der Waals surface area contributed by atoms with Crippen LogP contribution in [0, 0.1) is 0 Å². The van der Waals surface area contributed by atoms with E-state index >= 15 is 0 Å². The van der Waals surface area contributed by atoms with Crippen molar-refractivity contribution >= 4 is 15.9 Å². The van der Waals surface area contributed by atoms with Crippen molar-refractivity contribution in [1.29, 1.82) is 0 Å². The number of ether oxygens (including phenoxy) is 2. The fraction of sp³-hybridized carbons (Fsp3) is 0.409. The summed E-state index contributed by atoms with van der Waals surface area (Å²) in [5.74, 6) is 1.23. The first-order valence-electron chi connectivity index (χ1n) is 10.0. The Bertz CT molecular complexity index is 929. The third-order valence-corrected chi connectivity index (χ3v) is 5.70. The Morgan fingerprint density at radius 1 is 1.03 bits per heavy atom. The lowest BCUT2D eigenvalue weighted by molar-refractivity contribution is -0.121. The Hall–Kier alpha value is -2.58. The number of sulfonamides is 1. The summed E-state index contributed by atoms with van der Waals surface area (Å²) in [6.45, 7) is 6.65. The Balaban J connectivity index is 1.78. The molecule has 7 nitrogen and oxygen atoms in total. The summed E-state index contributed by atoms with van der Waals surface area (Å²) in [6.07, 6.45) is 0.864. The second-order valence-corrected chi connectivity index (χ2v) is 8.75. The molecule has 0 unspecified atom stereocenters. The number of carbonyl (C=O) groups is 1. The van der Waals surface area contributed by atoms with E-state index in [4.69, 9.17) is 9.47 Å². The Kier molecular flexibility index (Phi) is 9.14. The summed E-state index contributed by atoms with van der Waals surface area (Å²) in [4.78, 5) is 12.3. The SMILES string of the molecule is CCOc1ccccc1OCCCC(=O)NCc1cccc(S(=O)(=O)NC(C)C)c1. The fourth-order valence-corrected chi connectivity index (χ4v) is 4.07. The van der Waals surface area contributed by atoms with Gasteiger partial charge in [0.1, 0.15) is 0 Å². The molecule has 0 fully saturated rings. The quantitative estimate of drug-likeness (QED) is 0.500. The Labute approximate surface area is 178 Å². The molecule has 0 bridgehead atoms. The van der Waals surface area contributed by atoms with Gasteiger partial charge in [0.15, 0.2) is 11.5 Å². The average Bonchev–Trinajstić information content (AvgIpc) is 2.70. The fourth-order valence-electron chi connectivity index (χ4n) is 2.75. The van der Waals surface area contributed by atoms with Gasteiger partial charge in [-0.25, -0.2) is 13.1 Å². The summed E-state index contributed by atoms with van der Waals surface area (Å²) in [5.41, 5.74) is 0.719. The zero-order valence-electron chi connectivity index (χ0n) is 17.7. The highest BCUT2D eigenvalue weighted by atomic mass is 32.2. The van der Waals surface area contributed by atoms with Gasteiger partial charge in [-0.15, -0.1) is 0 Å². The van der Waals surface area contributed by atoms with Gasteiger partial charge in [0.2, 0.25) is 15.9 Å². The lowest BCUT2D eigenvalue weighted by Crippen LogP contribution is -2.30. The minimum atomic E-state index is -3.56. The van der Waals surface area contributed by atoms with E-state index in [0.717, 1.165) is 5.56 Å². The summed E-state index contributed by atoms with van der Waals surface area (Å²) < 4.78 is 38.3. The van der Waals surface area contributed by atoms with Crippen LogP contribution >= 0.6 is 0 Å². The van der Waals surface area contributed by atoms with Gasteiger partial charge < -0.3 is 14.8 Å². The van der Waals surface area contributed by atoms with Crippen molar-refractivity contribution < 1.29 is 22.7 Å². The zero-order chi connectivity index (χ0) is 22.0. The minimum absolute atomic E-state index is 0.120. The largest absolute Gasteiger partial charge is 0.490 e. The van der Waals surface area contributed by atoms with E-state index < -0.39 is 10.0 Å². The van der Waals surface area contributed by atoms with Crippen molar-refractivity contribution in [3.05, 3.63) is 54.1 Å². The molecule has 0 aliphatic carbocycles. The third-order valence-electron chi connectivity index (χ3n) is 4.04. The predicted octanol–water partition coefficient (Wildman–Crippen LogP) is 3.25. The highest BCUT2D eigenvalue weighted by Gasteiger charge is 2.15. The van der Waals surface area contributed by atoms with Crippen LogP contribution in [0.4, 0.5) is 0 Å². The first kappa shape index (κ1) is 23.7. The highest BCUT2D eigenvalue weighted by molar-refractivity contribution is 7.89. The number of nitrogens with one attached hydrogen (secondary N) is 2. The van der Waals surface area contributed by atoms with E-state index in [2.05, 4.69) is 10.0 Å². The van der Waals surface area contributed by atoms with Crippen molar-refractivity contribution in [3.8, 4) is 11.5 Å². The molecule has 164 valence electrons. The van der Waals surface area contributed by atoms with Crippen LogP contribution < -0.4 is 19.5 Å². The molecule has 30 heavy (non-hydrogen) atoms. The second-order valence-electron chi connectivity index (χ2n) is 7.03. The maximum atomic E-state index is 12.3. The van der Waals surface area contributed by atoms with Gasteiger partial charge >= 0.3 is 0 Å². The van der Waals surface area contributed by atoms with E-state index in [-0.39, 0.29) is 23.4 Å². The third kappa shape index (κ3) is 7.68. The highest BCUT2D eigenvalue weighted by Crippen LogP contribution is 2.26. The number of rotatable bonds is 12. The van der Waals surface area contributed by atoms with E-state index in [1.54, 1.807) is 32.0 Å². The predicted molar refractivity (Wildman–Crippen MR) is 116 cm³/mol. The van der Waals surface area contributed by atoms with Crippen LogP contribution in [-0.2, 0) is 21.4 Å². The van der Waals surface area contributed by atoms with Gasteiger partial charge in [-0.05, 0) is 57.0 Å². The van der Waals surface area contributed by atoms with Gasteiger partial charge in [-0.1, -0.05) is 24.3 Å². The lowest BCUT2D eigenvalue weighted by atomic mass is 10.2. The van der Waals surface area contributed by atoms with Gasteiger partial charge in [0.25, 0.3) is 0 Å². The van der Waals surface area contributed by atoms with E-state index in [0.29, 0.717) is 37.6 Å². The summed E-state index contributed by atoms with van der Waals surface area (Å²) in [7, 11) is -3.56. The van der Waals surface area contributed by atoms with Crippen LogP contribution in [-0.4, -0.2) is 33.6 Å². The van der Waals surface area contributed by atoms with Crippen molar-refractivity contribution in [2.24, 2.45) is 0 Å².